The molecule has 1 N–H and O–H groups in total. The molecule has 4 rings (SSSR count). The predicted molar refractivity (Wildman–Crippen MR) is 110 cm³/mol. The molecule has 0 aromatic heterocycles. The summed E-state index contributed by atoms with van der Waals surface area (Å²) in [6, 6.07) is 7.76. The molecule has 1 aliphatic carbocycles. The van der Waals surface area contributed by atoms with Gasteiger partial charge >= 0.3 is 12.2 Å². The Hall–Kier alpha value is -2.73. The molecule has 0 spiro atoms. The van der Waals surface area contributed by atoms with E-state index in [1.807, 2.05) is 5.32 Å². The van der Waals surface area contributed by atoms with Gasteiger partial charge in [0.25, 0.3) is 0 Å². The lowest BCUT2D eigenvalue weighted by atomic mass is 9.85. The molecule has 1 fully saturated rings. The fraction of sp³-hybridized carbons (Fsp3) is 0.318. The highest BCUT2D eigenvalue weighted by molar-refractivity contribution is 9.10. The van der Waals surface area contributed by atoms with Crippen molar-refractivity contribution in [1.82, 2.24) is 5.32 Å². The van der Waals surface area contributed by atoms with Crippen molar-refractivity contribution in [3.05, 3.63) is 57.8 Å². The molecule has 162 valence electrons. The zero-order valence-corrected chi connectivity index (χ0v) is 17.9. The van der Waals surface area contributed by atoms with Crippen LogP contribution in [-0.4, -0.2) is 19.3 Å². The normalized spacial score (nSPS) is 20.5. The summed E-state index contributed by atoms with van der Waals surface area (Å²) < 4.78 is 62.3. The summed E-state index contributed by atoms with van der Waals surface area (Å²) >= 11 is 3.02. The van der Waals surface area contributed by atoms with Crippen LogP contribution in [0.1, 0.15) is 24.0 Å². The molecule has 2 amide bonds. The number of amides is 2. The second kappa shape index (κ2) is 7.75. The van der Waals surface area contributed by atoms with E-state index in [1.165, 1.54) is 13.2 Å². The van der Waals surface area contributed by atoms with Gasteiger partial charge in [-0.1, -0.05) is 24.0 Å². The molecule has 1 atom stereocenters. The first kappa shape index (κ1) is 21.5. The van der Waals surface area contributed by atoms with Crippen LogP contribution in [0.4, 0.5) is 28.0 Å². The van der Waals surface area contributed by atoms with Crippen LogP contribution in [0.5, 0.6) is 5.75 Å². The summed E-state index contributed by atoms with van der Waals surface area (Å²) in [7, 11) is 1.51. The number of fused-ring (bicyclic) bond motifs is 1. The molecular formula is C22H17BrF4N2O2. The maximum atomic E-state index is 14.4. The standard InChI is InChI=1S/C22H17BrF4N2O2/c1-31-15-6-4-14(5-7-15)12-29-19-11-17(23)18(24)10-16(19)21(22(25,26)27,28-20(29)30)9-8-13-2-3-13/h4-7,10-11,13H,2-3,12H2,1H3,(H,28,30)/t21-/m0/s1. The number of ether oxygens (including phenoxy) is 1. The van der Waals surface area contributed by atoms with Crippen LogP contribution in [0.2, 0.25) is 0 Å². The summed E-state index contributed by atoms with van der Waals surface area (Å²) in [4.78, 5) is 14.1. The van der Waals surface area contributed by atoms with E-state index in [4.69, 9.17) is 4.74 Å². The van der Waals surface area contributed by atoms with E-state index in [1.54, 1.807) is 24.3 Å². The van der Waals surface area contributed by atoms with Crippen molar-refractivity contribution >= 4 is 27.6 Å². The lowest BCUT2D eigenvalue weighted by Crippen LogP contribution is -2.62. The number of benzene rings is 2. The molecule has 2 aromatic rings. The Kier molecular flexibility index (Phi) is 5.38. The van der Waals surface area contributed by atoms with Gasteiger partial charge in [0.05, 0.1) is 23.8 Å². The van der Waals surface area contributed by atoms with Crippen LogP contribution >= 0.6 is 15.9 Å². The highest BCUT2D eigenvalue weighted by Gasteiger charge is 2.60. The second-order valence-corrected chi connectivity index (χ2v) is 8.29. The van der Waals surface area contributed by atoms with Gasteiger partial charge in [-0.2, -0.15) is 13.2 Å². The Balaban J connectivity index is 1.84. The highest BCUT2D eigenvalue weighted by Crippen LogP contribution is 2.47. The first-order valence-corrected chi connectivity index (χ1v) is 10.3. The molecule has 1 heterocycles. The van der Waals surface area contributed by atoms with Crippen LogP contribution in [0, 0.1) is 23.6 Å². The Labute approximate surface area is 184 Å². The van der Waals surface area contributed by atoms with Crippen LogP contribution in [0.3, 0.4) is 0 Å². The number of methoxy groups -OCH3 is 1. The largest absolute Gasteiger partial charge is 0.497 e. The first-order valence-electron chi connectivity index (χ1n) is 9.46. The smallest absolute Gasteiger partial charge is 0.427 e. The number of hydrogen-bond acceptors (Lipinski definition) is 2. The number of anilines is 1. The second-order valence-electron chi connectivity index (χ2n) is 7.44. The number of urea groups is 1. The molecule has 9 heteroatoms. The van der Waals surface area contributed by atoms with E-state index < -0.39 is 29.1 Å². The van der Waals surface area contributed by atoms with Crippen LogP contribution in [0.15, 0.2) is 40.9 Å². The summed E-state index contributed by atoms with van der Waals surface area (Å²) in [6.07, 6.45) is -3.54. The Bertz CT molecular complexity index is 1090. The molecule has 1 aliphatic heterocycles. The average molecular weight is 497 g/mol. The molecule has 0 unspecified atom stereocenters. The minimum Gasteiger partial charge on any atom is -0.497 e. The van der Waals surface area contributed by atoms with Crippen molar-refractivity contribution < 1.29 is 27.1 Å². The highest BCUT2D eigenvalue weighted by atomic mass is 79.9. The van der Waals surface area contributed by atoms with Gasteiger partial charge in [-0.05, 0) is 58.6 Å². The van der Waals surface area contributed by atoms with E-state index in [0.29, 0.717) is 24.2 Å². The topological polar surface area (TPSA) is 41.6 Å². The van der Waals surface area contributed by atoms with Gasteiger partial charge in [0, 0.05) is 11.5 Å². The monoisotopic (exact) mass is 496 g/mol. The van der Waals surface area contributed by atoms with Crippen molar-refractivity contribution in [2.75, 3.05) is 12.0 Å². The number of carbonyl (C=O) groups is 1. The fourth-order valence-electron chi connectivity index (χ4n) is 3.37. The number of halogens is 5. The molecule has 2 aliphatic rings. The number of alkyl halides is 3. The molecule has 0 radical (unpaired) electrons. The van der Waals surface area contributed by atoms with Crippen LogP contribution < -0.4 is 15.0 Å². The van der Waals surface area contributed by atoms with Gasteiger partial charge in [0.1, 0.15) is 11.6 Å². The van der Waals surface area contributed by atoms with E-state index in [2.05, 4.69) is 27.8 Å². The number of nitrogens with one attached hydrogen (secondary N) is 1. The number of carbonyl (C=O) groups excluding carboxylic acids is 1. The van der Waals surface area contributed by atoms with Crippen molar-refractivity contribution in [3.8, 4) is 17.6 Å². The quantitative estimate of drug-likeness (QED) is 0.450. The number of hydrogen-bond donors (Lipinski definition) is 1. The van der Waals surface area contributed by atoms with Gasteiger partial charge in [-0.3, -0.25) is 4.90 Å². The Morgan fingerprint density at radius 3 is 2.52 bits per heavy atom. The van der Waals surface area contributed by atoms with Gasteiger partial charge in [0.15, 0.2) is 0 Å². The minimum atomic E-state index is -4.95. The van der Waals surface area contributed by atoms with Gasteiger partial charge in [0.2, 0.25) is 5.54 Å². The summed E-state index contributed by atoms with van der Waals surface area (Å²) in [5.41, 5.74) is -2.83. The summed E-state index contributed by atoms with van der Waals surface area (Å²) in [5, 5.41) is 2.03. The van der Waals surface area contributed by atoms with Crippen molar-refractivity contribution in [2.24, 2.45) is 5.92 Å². The van der Waals surface area contributed by atoms with E-state index in [0.717, 1.165) is 11.0 Å². The van der Waals surface area contributed by atoms with Crippen LogP contribution in [0.25, 0.3) is 0 Å². The number of rotatable bonds is 3. The Morgan fingerprint density at radius 2 is 1.94 bits per heavy atom. The average Bonchev–Trinajstić information content (AvgIpc) is 3.54. The summed E-state index contributed by atoms with van der Waals surface area (Å²) in [5.74, 6) is 4.42. The van der Waals surface area contributed by atoms with Crippen molar-refractivity contribution in [2.45, 2.75) is 31.1 Å². The molecule has 0 saturated heterocycles. The molecule has 1 saturated carbocycles. The minimum absolute atomic E-state index is 0.0229. The zero-order chi connectivity index (χ0) is 22.4. The fourth-order valence-corrected chi connectivity index (χ4v) is 3.70. The first-order chi connectivity index (χ1) is 14.6. The lowest BCUT2D eigenvalue weighted by Gasteiger charge is -2.42. The molecule has 2 aromatic carbocycles. The van der Waals surface area contributed by atoms with E-state index in [9.17, 15) is 22.4 Å². The Morgan fingerprint density at radius 1 is 1.26 bits per heavy atom. The van der Waals surface area contributed by atoms with Gasteiger partial charge in [-0.25, -0.2) is 9.18 Å². The third-order valence-electron chi connectivity index (χ3n) is 5.24. The van der Waals surface area contributed by atoms with E-state index >= 15 is 0 Å². The lowest BCUT2D eigenvalue weighted by molar-refractivity contribution is -0.179. The molecule has 31 heavy (non-hydrogen) atoms. The molecular weight excluding hydrogens is 480 g/mol. The third-order valence-corrected chi connectivity index (χ3v) is 5.85. The third kappa shape index (κ3) is 3.97. The summed E-state index contributed by atoms with van der Waals surface area (Å²) in [6.45, 7) is -0.0229. The van der Waals surface area contributed by atoms with Gasteiger partial charge < -0.3 is 10.1 Å². The maximum Gasteiger partial charge on any atom is 0.427 e. The van der Waals surface area contributed by atoms with Gasteiger partial charge in [-0.15, -0.1) is 0 Å². The zero-order valence-electron chi connectivity index (χ0n) is 16.3. The van der Waals surface area contributed by atoms with Crippen LogP contribution in [-0.2, 0) is 12.1 Å². The number of nitrogens with zero attached hydrogens (tertiary/aromatic N) is 1. The predicted octanol–water partition coefficient (Wildman–Crippen LogP) is 5.50. The van der Waals surface area contributed by atoms with Crippen molar-refractivity contribution in [3.63, 3.8) is 0 Å². The van der Waals surface area contributed by atoms with E-state index in [-0.39, 0.29) is 22.6 Å². The molecule has 0 bridgehead atoms. The SMILES string of the molecule is COc1ccc(CN2C(=O)N[C@](C#CC3CC3)(C(F)(F)F)c3cc(F)c(Br)cc32)cc1. The maximum absolute atomic E-state index is 14.4. The molecule has 4 nitrogen and oxygen atoms in total. The van der Waals surface area contributed by atoms with Crippen molar-refractivity contribution in [1.29, 1.82) is 0 Å².